The van der Waals surface area contributed by atoms with E-state index in [0.717, 1.165) is 87.3 Å². The molecule has 2 aliphatic heterocycles. The Balaban J connectivity index is 0.944. The highest BCUT2D eigenvalue weighted by atomic mass is 16.5. The molecule has 1 amide bonds. The highest BCUT2D eigenvalue weighted by Crippen LogP contribution is 2.32. The molecule has 1 aliphatic carbocycles. The molecule has 5 heterocycles. The zero-order valence-corrected chi connectivity index (χ0v) is 20.8. The molecule has 8 nitrogen and oxygen atoms in total. The predicted molar refractivity (Wildman–Crippen MR) is 138 cm³/mol. The molecule has 190 valence electrons. The van der Waals surface area contributed by atoms with E-state index in [-0.39, 0.29) is 12.2 Å². The van der Waals surface area contributed by atoms with Crippen LogP contribution in [0.2, 0.25) is 0 Å². The number of amides is 1. The van der Waals surface area contributed by atoms with Gasteiger partial charge in [-0.25, -0.2) is 4.98 Å². The lowest BCUT2D eigenvalue weighted by molar-refractivity contribution is -0.135. The van der Waals surface area contributed by atoms with Gasteiger partial charge < -0.3 is 19.3 Å². The number of aromatic nitrogens is 3. The van der Waals surface area contributed by atoms with Crippen molar-refractivity contribution in [3.05, 3.63) is 49.1 Å². The van der Waals surface area contributed by atoms with Gasteiger partial charge in [0.15, 0.2) is 0 Å². The van der Waals surface area contributed by atoms with Crippen molar-refractivity contribution in [3.8, 4) is 11.1 Å². The van der Waals surface area contributed by atoms with Crippen LogP contribution < -0.4 is 4.90 Å². The van der Waals surface area contributed by atoms with Crippen molar-refractivity contribution in [2.45, 2.75) is 50.7 Å². The fourth-order valence-corrected chi connectivity index (χ4v) is 5.43. The minimum Gasteiger partial charge on any atom is -0.376 e. The molecule has 3 fully saturated rings. The monoisotopic (exact) mass is 489 g/mol. The molecule has 0 atom stereocenters. The molecule has 3 aromatic rings. The zero-order chi connectivity index (χ0) is 24.3. The molecule has 0 radical (unpaired) electrons. The summed E-state index contributed by atoms with van der Waals surface area (Å²) in [5, 5.41) is 0. The Morgan fingerprint density at radius 2 is 1.50 bits per heavy atom. The van der Waals surface area contributed by atoms with Gasteiger partial charge in [-0.2, -0.15) is 0 Å². The van der Waals surface area contributed by atoms with Crippen LogP contribution in [0.1, 0.15) is 38.5 Å². The molecule has 8 heteroatoms. The van der Waals surface area contributed by atoms with Gasteiger partial charge in [0, 0.05) is 50.7 Å². The number of pyridine rings is 2. The molecule has 6 rings (SSSR count). The summed E-state index contributed by atoms with van der Waals surface area (Å²) in [4.78, 5) is 25.4. The SMILES string of the molecule is O=C(C1CC1)N1CCC(OCCOC2CCN(c3cnc4ccc(-c5ccncc5)cn34)CC2)CC1. The molecule has 0 N–H and O–H groups in total. The quantitative estimate of drug-likeness (QED) is 0.448. The van der Waals surface area contributed by atoms with Crippen molar-refractivity contribution in [1.82, 2.24) is 19.3 Å². The van der Waals surface area contributed by atoms with E-state index in [1.165, 1.54) is 0 Å². The first-order chi connectivity index (χ1) is 17.7. The largest absolute Gasteiger partial charge is 0.376 e. The van der Waals surface area contributed by atoms with E-state index in [0.29, 0.717) is 25.0 Å². The number of anilines is 1. The Kier molecular flexibility index (Phi) is 6.88. The van der Waals surface area contributed by atoms with Crippen LogP contribution in [0.15, 0.2) is 49.1 Å². The van der Waals surface area contributed by atoms with E-state index >= 15 is 0 Å². The second kappa shape index (κ2) is 10.6. The van der Waals surface area contributed by atoms with Gasteiger partial charge in [0.2, 0.25) is 5.91 Å². The van der Waals surface area contributed by atoms with E-state index in [9.17, 15) is 4.79 Å². The van der Waals surface area contributed by atoms with Crippen LogP contribution in [0.25, 0.3) is 16.8 Å². The van der Waals surface area contributed by atoms with Gasteiger partial charge in [0.05, 0.1) is 31.6 Å². The van der Waals surface area contributed by atoms with Gasteiger partial charge in [-0.05, 0) is 73.9 Å². The van der Waals surface area contributed by atoms with Crippen LogP contribution in [0.5, 0.6) is 0 Å². The van der Waals surface area contributed by atoms with Gasteiger partial charge in [0.1, 0.15) is 11.5 Å². The minimum absolute atomic E-state index is 0.255. The highest BCUT2D eigenvalue weighted by molar-refractivity contribution is 5.81. The van der Waals surface area contributed by atoms with Crippen LogP contribution >= 0.6 is 0 Å². The first-order valence-corrected chi connectivity index (χ1v) is 13.4. The third-order valence-electron chi connectivity index (χ3n) is 7.74. The van der Waals surface area contributed by atoms with Crippen molar-refractivity contribution in [2.24, 2.45) is 5.92 Å². The van der Waals surface area contributed by atoms with Gasteiger partial charge in [-0.1, -0.05) is 0 Å². The molecule has 1 saturated carbocycles. The maximum absolute atomic E-state index is 12.2. The van der Waals surface area contributed by atoms with Crippen LogP contribution in [0, 0.1) is 5.92 Å². The average Bonchev–Trinajstić information content (AvgIpc) is 3.71. The topological polar surface area (TPSA) is 72.2 Å². The second-order valence-electron chi connectivity index (χ2n) is 10.2. The molecular weight excluding hydrogens is 454 g/mol. The standard InChI is InChI=1S/C28H35N5O3/c34-28(22-1-2-22)32-15-9-25(10-16-32)36-18-17-35-24-7-13-31(14-8-24)27-19-30-26-4-3-23(20-33(26)27)21-5-11-29-12-6-21/h3-6,11-12,19-20,22,24-25H,1-2,7-10,13-18H2. The maximum atomic E-state index is 12.2. The Bertz CT molecular complexity index is 1160. The van der Waals surface area contributed by atoms with Gasteiger partial charge in [-0.3, -0.25) is 14.2 Å². The lowest BCUT2D eigenvalue weighted by atomic mass is 10.1. The molecule has 0 spiro atoms. The number of rotatable bonds is 8. The Morgan fingerprint density at radius 1 is 0.833 bits per heavy atom. The summed E-state index contributed by atoms with van der Waals surface area (Å²) in [6, 6.07) is 8.25. The summed E-state index contributed by atoms with van der Waals surface area (Å²) in [6.45, 7) is 4.85. The number of hydrogen-bond donors (Lipinski definition) is 0. The highest BCUT2D eigenvalue weighted by Gasteiger charge is 2.35. The predicted octanol–water partition coefficient (Wildman–Crippen LogP) is 3.80. The van der Waals surface area contributed by atoms with E-state index < -0.39 is 0 Å². The molecule has 2 saturated heterocycles. The zero-order valence-electron chi connectivity index (χ0n) is 20.8. The van der Waals surface area contributed by atoms with Gasteiger partial charge in [-0.15, -0.1) is 0 Å². The number of imidazole rings is 1. The minimum atomic E-state index is 0.255. The number of carbonyl (C=O) groups is 1. The summed E-state index contributed by atoms with van der Waals surface area (Å²) in [6.07, 6.45) is 14.4. The third kappa shape index (κ3) is 5.25. The number of ether oxygens (including phenoxy) is 2. The van der Waals surface area contributed by atoms with Crippen molar-refractivity contribution in [1.29, 1.82) is 0 Å². The summed E-state index contributed by atoms with van der Waals surface area (Å²) in [7, 11) is 0. The maximum Gasteiger partial charge on any atom is 0.225 e. The first-order valence-electron chi connectivity index (χ1n) is 13.4. The number of fused-ring (bicyclic) bond motifs is 1. The first kappa shape index (κ1) is 23.4. The third-order valence-corrected chi connectivity index (χ3v) is 7.74. The van der Waals surface area contributed by atoms with Gasteiger partial charge >= 0.3 is 0 Å². The summed E-state index contributed by atoms with van der Waals surface area (Å²) < 4.78 is 14.4. The Morgan fingerprint density at radius 3 is 2.17 bits per heavy atom. The lowest BCUT2D eigenvalue weighted by Gasteiger charge is -2.33. The number of likely N-dealkylation sites (tertiary alicyclic amines) is 1. The lowest BCUT2D eigenvalue weighted by Crippen LogP contribution is -2.42. The number of carbonyl (C=O) groups excluding carboxylic acids is 1. The Labute approximate surface area is 212 Å². The van der Waals surface area contributed by atoms with Crippen LogP contribution in [-0.4, -0.2) is 76.8 Å². The molecule has 3 aromatic heterocycles. The van der Waals surface area contributed by atoms with Crippen molar-refractivity contribution in [2.75, 3.05) is 44.3 Å². The van der Waals surface area contributed by atoms with E-state index in [2.05, 4.69) is 37.6 Å². The van der Waals surface area contributed by atoms with Gasteiger partial charge in [0.25, 0.3) is 0 Å². The van der Waals surface area contributed by atoms with E-state index in [1.54, 1.807) is 0 Å². The Hall–Kier alpha value is -2.97. The molecule has 0 aromatic carbocycles. The fraction of sp³-hybridized carbons (Fsp3) is 0.536. The number of piperidine rings is 2. The molecule has 3 aliphatic rings. The van der Waals surface area contributed by atoms with Crippen molar-refractivity contribution in [3.63, 3.8) is 0 Å². The summed E-state index contributed by atoms with van der Waals surface area (Å²) in [5.74, 6) is 1.81. The summed E-state index contributed by atoms with van der Waals surface area (Å²) >= 11 is 0. The number of hydrogen-bond acceptors (Lipinski definition) is 6. The molecule has 0 unspecified atom stereocenters. The van der Waals surface area contributed by atoms with Crippen LogP contribution in [0.3, 0.4) is 0 Å². The van der Waals surface area contributed by atoms with E-state index in [4.69, 9.17) is 9.47 Å². The second-order valence-corrected chi connectivity index (χ2v) is 10.2. The summed E-state index contributed by atoms with van der Waals surface area (Å²) in [5.41, 5.74) is 3.27. The van der Waals surface area contributed by atoms with Crippen LogP contribution in [0.4, 0.5) is 5.82 Å². The average molecular weight is 490 g/mol. The van der Waals surface area contributed by atoms with Crippen molar-refractivity contribution < 1.29 is 14.3 Å². The molecular formula is C28H35N5O3. The molecule has 0 bridgehead atoms. The van der Waals surface area contributed by atoms with Crippen molar-refractivity contribution >= 4 is 17.4 Å². The number of nitrogens with zero attached hydrogens (tertiary/aromatic N) is 5. The molecule has 36 heavy (non-hydrogen) atoms. The van der Waals surface area contributed by atoms with Crippen LogP contribution in [-0.2, 0) is 14.3 Å². The normalized spacial score (nSPS) is 19.8. The smallest absolute Gasteiger partial charge is 0.225 e. The van der Waals surface area contributed by atoms with E-state index in [1.807, 2.05) is 35.6 Å². The fourth-order valence-electron chi connectivity index (χ4n) is 5.43.